The molecule has 128 valence electrons. The molecular weight excluding hydrogens is 316 g/mol. The number of carbonyl (C=O) groups is 1. The van der Waals surface area contributed by atoms with Crippen molar-refractivity contribution in [3.8, 4) is 0 Å². The van der Waals surface area contributed by atoms with Gasteiger partial charge in [-0.05, 0) is 43.5 Å². The molecule has 2 nitrogen and oxygen atoms in total. The second kappa shape index (κ2) is 6.11. The molecule has 1 atom stereocenters. The molecule has 3 heteroatoms. The Morgan fingerprint density at radius 3 is 2.21 bits per heavy atom. The molecule has 3 rings (SSSR count). The van der Waals surface area contributed by atoms with E-state index in [4.69, 9.17) is 5.11 Å². The monoisotopic (exact) mass is 342 g/mol. The van der Waals surface area contributed by atoms with Crippen molar-refractivity contribution < 1.29 is 9.90 Å². The molecule has 2 aliphatic rings. The van der Waals surface area contributed by atoms with Gasteiger partial charge in [-0.2, -0.15) is 0 Å². The van der Waals surface area contributed by atoms with Gasteiger partial charge in [-0.1, -0.05) is 51.0 Å². The van der Waals surface area contributed by atoms with Crippen LogP contribution in [0.3, 0.4) is 0 Å². The smallest absolute Gasteiger partial charge is 0.335 e. The molecule has 0 aliphatic heterocycles. The Morgan fingerprint density at radius 1 is 1.04 bits per heavy atom. The first-order valence-electron chi connectivity index (χ1n) is 8.62. The summed E-state index contributed by atoms with van der Waals surface area (Å²) in [6.07, 6.45) is 8.24. The number of thioether (sulfide) groups is 1. The molecule has 0 aromatic heterocycles. The minimum absolute atomic E-state index is 0.150. The molecule has 1 N–H and O–H groups in total. The fourth-order valence-electron chi connectivity index (χ4n) is 3.86. The molecule has 1 aromatic rings. The maximum Gasteiger partial charge on any atom is 0.335 e. The summed E-state index contributed by atoms with van der Waals surface area (Å²) in [5, 5.41) is 9.58. The molecule has 0 spiro atoms. The van der Waals surface area contributed by atoms with E-state index in [9.17, 15) is 4.79 Å². The van der Waals surface area contributed by atoms with Crippen molar-refractivity contribution in [2.24, 2.45) is 10.8 Å². The molecule has 0 amide bonds. The average molecular weight is 343 g/mol. The summed E-state index contributed by atoms with van der Waals surface area (Å²) in [5.41, 5.74) is 3.93. The van der Waals surface area contributed by atoms with Crippen molar-refractivity contribution >= 4 is 17.7 Å². The fraction of sp³-hybridized carbons (Fsp3) is 0.476. The van der Waals surface area contributed by atoms with Crippen LogP contribution in [0.1, 0.15) is 57.3 Å². The number of allylic oxidation sites excluding steroid dienone is 4. The van der Waals surface area contributed by atoms with E-state index < -0.39 is 5.97 Å². The molecular formula is C21H26O2S. The van der Waals surface area contributed by atoms with E-state index in [-0.39, 0.29) is 10.8 Å². The van der Waals surface area contributed by atoms with Gasteiger partial charge in [-0.25, -0.2) is 4.79 Å². The maximum absolute atomic E-state index is 11.0. The third-order valence-electron chi connectivity index (χ3n) is 5.39. The third-order valence-corrected chi connectivity index (χ3v) is 6.67. The van der Waals surface area contributed by atoms with Gasteiger partial charge in [0.2, 0.25) is 0 Å². The van der Waals surface area contributed by atoms with E-state index in [0.29, 0.717) is 10.8 Å². The number of hydrogen-bond acceptors (Lipinski definition) is 2. The molecule has 0 saturated carbocycles. The number of carboxylic acid groups (broad SMARTS) is 1. The number of carboxylic acids is 1. The molecule has 0 bridgehead atoms. The summed E-state index contributed by atoms with van der Waals surface area (Å²) in [4.78, 5) is 12.1. The van der Waals surface area contributed by atoms with Crippen molar-refractivity contribution in [1.29, 1.82) is 0 Å². The van der Waals surface area contributed by atoms with Gasteiger partial charge < -0.3 is 5.11 Å². The number of rotatable bonds is 3. The molecule has 0 saturated heterocycles. The van der Waals surface area contributed by atoms with E-state index in [1.165, 1.54) is 12.8 Å². The van der Waals surface area contributed by atoms with Gasteiger partial charge in [0.25, 0.3) is 0 Å². The SMILES string of the molecule is CC1(C)C=CC(C)(C)C2=C1CCC(Sc1ccc(C(=O)O)cc1)C2. The average Bonchev–Trinajstić information content (AvgIpc) is 2.52. The second-order valence-corrected chi connectivity index (χ2v) is 9.42. The number of aromatic carboxylic acids is 1. The minimum Gasteiger partial charge on any atom is -0.478 e. The first kappa shape index (κ1) is 17.3. The maximum atomic E-state index is 11.0. The zero-order valence-electron chi connectivity index (χ0n) is 14.9. The molecule has 0 heterocycles. The summed E-state index contributed by atoms with van der Waals surface area (Å²) in [6, 6.07) is 7.28. The van der Waals surface area contributed by atoms with Crippen molar-refractivity contribution in [2.75, 3.05) is 0 Å². The Morgan fingerprint density at radius 2 is 1.62 bits per heavy atom. The van der Waals surface area contributed by atoms with E-state index in [1.807, 2.05) is 23.9 Å². The zero-order valence-corrected chi connectivity index (χ0v) is 15.7. The highest BCUT2D eigenvalue weighted by Gasteiger charge is 2.38. The van der Waals surface area contributed by atoms with Crippen LogP contribution in [0.15, 0.2) is 52.5 Å². The van der Waals surface area contributed by atoms with Gasteiger partial charge in [-0.15, -0.1) is 11.8 Å². The molecule has 24 heavy (non-hydrogen) atoms. The van der Waals surface area contributed by atoms with Gasteiger partial charge in [0, 0.05) is 21.0 Å². The topological polar surface area (TPSA) is 37.3 Å². The zero-order chi connectivity index (χ0) is 17.5. The predicted molar refractivity (Wildman–Crippen MR) is 101 cm³/mol. The highest BCUT2D eigenvalue weighted by molar-refractivity contribution is 8.00. The van der Waals surface area contributed by atoms with Crippen LogP contribution in [-0.2, 0) is 0 Å². The molecule has 2 aliphatic carbocycles. The third kappa shape index (κ3) is 3.32. The molecule has 0 fully saturated rings. The lowest BCUT2D eigenvalue weighted by atomic mass is 9.63. The number of benzene rings is 1. The second-order valence-electron chi connectivity index (χ2n) is 8.05. The highest BCUT2D eigenvalue weighted by Crippen LogP contribution is 2.52. The van der Waals surface area contributed by atoms with Crippen molar-refractivity contribution in [1.82, 2.24) is 0 Å². The van der Waals surface area contributed by atoms with E-state index in [0.717, 1.165) is 11.3 Å². The van der Waals surface area contributed by atoms with Gasteiger partial charge >= 0.3 is 5.97 Å². The van der Waals surface area contributed by atoms with Crippen LogP contribution in [0, 0.1) is 10.8 Å². The Bertz CT molecular complexity index is 708. The van der Waals surface area contributed by atoms with Gasteiger partial charge in [0.15, 0.2) is 0 Å². The first-order chi connectivity index (χ1) is 11.2. The van der Waals surface area contributed by atoms with Gasteiger partial charge in [-0.3, -0.25) is 0 Å². The van der Waals surface area contributed by atoms with Gasteiger partial charge in [0.1, 0.15) is 0 Å². The minimum atomic E-state index is -0.864. The normalized spacial score (nSPS) is 24.6. The Labute approximate surface area is 149 Å². The van der Waals surface area contributed by atoms with Crippen LogP contribution >= 0.6 is 11.8 Å². The molecule has 1 unspecified atom stereocenters. The Hall–Kier alpha value is -1.48. The lowest BCUT2D eigenvalue weighted by Crippen LogP contribution is -2.31. The quantitative estimate of drug-likeness (QED) is 0.690. The van der Waals surface area contributed by atoms with Crippen molar-refractivity contribution in [2.45, 2.75) is 57.1 Å². The lowest BCUT2D eigenvalue weighted by Gasteiger charge is -2.43. The fourth-order valence-corrected chi connectivity index (χ4v) is 5.02. The molecule has 1 aromatic carbocycles. The summed E-state index contributed by atoms with van der Waals surface area (Å²) in [7, 11) is 0. The van der Waals surface area contributed by atoms with Crippen LogP contribution in [-0.4, -0.2) is 16.3 Å². The Balaban J connectivity index is 1.77. The van der Waals surface area contributed by atoms with Crippen LogP contribution in [0.2, 0.25) is 0 Å². The van der Waals surface area contributed by atoms with Crippen LogP contribution in [0.5, 0.6) is 0 Å². The van der Waals surface area contributed by atoms with Crippen LogP contribution < -0.4 is 0 Å². The van der Waals surface area contributed by atoms with Crippen molar-refractivity contribution in [3.05, 3.63) is 53.1 Å². The lowest BCUT2D eigenvalue weighted by molar-refractivity contribution is 0.0697. The summed E-state index contributed by atoms with van der Waals surface area (Å²) in [5.74, 6) is -0.864. The van der Waals surface area contributed by atoms with Crippen molar-refractivity contribution in [3.63, 3.8) is 0 Å². The van der Waals surface area contributed by atoms with E-state index in [1.54, 1.807) is 23.3 Å². The van der Waals surface area contributed by atoms with Crippen LogP contribution in [0.4, 0.5) is 0 Å². The highest BCUT2D eigenvalue weighted by atomic mass is 32.2. The van der Waals surface area contributed by atoms with Gasteiger partial charge in [0.05, 0.1) is 5.56 Å². The Kier molecular flexibility index (Phi) is 4.41. The van der Waals surface area contributed by atoms with E-state index in [2.05, 4.69) is 39.8 Å². The molecule has 0 radical (unpaired) electrons. The van der Waals surface area contributed by atoms with E-state index >= 15 is 0 Å². The summed E-state index contributed by atoms with van der Waals surface area (Å²) in [6.45, 7) is 9.30. The first-order valence-corrected chi connectivity index (χ1v) is 9.50. The standard InChI is InChI=1S/C21H26O2S/c1-20(2)11-12-21(3,4)18-13-16(9-10-17(18)20)24-15-7-5-14(6-8-15)19(22)23/h5-8,11-12,16H,9-10,13H2,1-4H3,(H,22,23). The van der Waals surface area contributed by atoms with Crippen LogP contribution in [0.25, 0.3) is 0 Å². The largest absolute Gasteiger partial charge is 0.478 e. The summed E-state index contributed by atoms with van der Waals surface area (Å²) < 4.78 is 0. The predicted octanol–water partition coefficient (Wildman–Crippen LogP) is 5.95. The number of hydrogen-bond donors (Lipinski definition) is 1. The summed E-state index contributed by atoms with van der Waals surface area (Å²) >= 11 is 1.89.